The Morgan fingerprint density at radius 3 is 1.00 bits per heavy atom. The van der Waals surface area contributed by atoms with Crippen molar-refractivity contribution in [1.82, 2.24) is 0 Å². The van der Waals surface area contributed by atoms with E-state index in [0.29, 0.717) is 0 Å². The molecule has 13 rings (SSSR count). The van der Waals surface area contributed by atoms with Gasteiger partial charge in [-0.25, -0.2) is 0 Å². The second-order valence-corrected chi connectivity index (χ2v) is 38.4. The van der Waals surface area contributed by atoms with E-state index in [1.54, 1.807) is 89.9 Å². The molecule has 0 aromatic heterocycles. The van der Waals surface area contributed by atoms with Crippen LogP contribution < -0.4 is 0 Å². The van der Waals surface area contributed by atoms with Crippen molar-refractivity contribution in [2.24, 2.45) is 219 Å². The molecule has 29 unspecified atom stereocenters. The number of fused-ring (bicyclic) bond motifs is 6. The van der Waals surface area contributed by atoms with E-state index >= 15 is 0 Å². The fourth-order valence-electron chi connectivity index (χ4n) is 27.2. The molecule has 0 saturated heterocycles. The summed E-state index contributed by atoms with van der Waals surface area (Å²) in [5.74, 6) is 35.3. The molecule has 0 radical (unpaired) electrons. The fraction of sp³-hybridized carbons (Fsp3) is 0.778. The first-order valence-electron chi connectivity index (χ1n) is 42.7. The minimum atomic E-state index is 0. The first-order valence-corrected chi connectivity index (χ1v) is 42.7. The third kappa shape index (κ3) is 32.5. The van der Waals surface area contributed by atoms with Crippen LogP contribution in [0.1, 0.15) is 312 Å². The van der Waals surface area contributed by atoms with Crippen molar-refractivity contribution in [1.29, 1.82) is 0 Å². The van der Waals surface area contributed by atoms with Gasteiger partial charge in [-0.2, -0.15) is 0 Å². The van der Waals surface area contributed by atoms with E-state index in [-0.39, 0.29) is 223 Å². The normalized spacial score (nSPS) is 40.8. The van der Waals surface area contributed by atoms with Gasteiger partial charge in [0.2, 0.25) is 0 Å². The van der Waals surface area contributed by atoms with E-state index < -0.39 is 0 Å². The minimum Gasteiger partial charge on any atom is -0.358 e. The number of allylic oxidation sites excluding steroid dienone is 8. The van der Waals surface area contributed by atoms with Crippen molar-refractivity contribution >= 4 is 0 Å². The molecule has 0 bridgehead atoms. The summed E-state index contributed by atoms with van der Waals surface area (Å²) in [7, 11) is 0. The van der Waals surface area contributed by atoms with Crippen molar-refractivity contribution < 1.29 is 104 Å². The molecule has 0 aliphatic heterocycles. The molecule has 0 aromatic carbocycles. The summed E-state index contributed by atoms with van der Waals surface area (Å²) in [6.07, 6.45) is 59.2. The average Bonchev–Trinajstić information content (AvgIpc) is 1.60. The van der Waals surface area contributed by atoms with E-state index in [0.717, 1.165) is 201 Å². The molecule has 0 amide bonds. The van der Waals surface area contributed by atoms with E-state index in [9.17, 15) is 0 Å². The Hall–Kier alpha value is 2.47. The van der Waals surface area contributed by atoms with Gasteiger partial charge in [-0.1, -0.05) is 284 Å². The van der Waals surface area contributed by atoms with Crippen LogP contribution >= 0.6 is 0 Å². The Morgan fingerprint density at radius 1 is 0.268 bits per heavy atom. The van der Waals surface area contributed by atoms with Crippen LogP contribution in [-0.4, -0.2) is 0 Å². The maximum atomic E-state index is 2.60. The Labute approximate surface area is 794 Å². The molecule has 0 nitrogen and oxygen atoms in total. The molecule has 13 aliphatic carbocycles. The van der Waals surface area contributed by atoms with Crippen LogP contribution in [0.5, 0.6) is 0 Å². The maximum absolute atomic E-state index is 2.60. The van der Waals surface area contributed by atoms with Crippen LogP contribution in [0.4, 0.5) is 0 Å². The smallest absolute Gasteiger partial charge is 0.358 e. The Kier molecular flexibility index (Phi) is 82.7. The van der Waals surface area contributed by atoms with Crippen molar-refractivity contribution in [3.63, 3.8) is 0 Å². The largest absolute Gasteiger partial charge is 4.00 e. The quantitative estimate of drug-likeness (QED) is 0.120. The molecule has 0 N–H and O–H groups in total. The van der Waals surface area contributed by atoms with E-state index in [2.05, 4.69) is 194 Å². The summed E-state index contributed by atoms with van der Waals surface area (Å²) in [5, 5.41) is 0. The Morgan fingerprint density at radius 2 is 0.589 bits per heavy atom. The van der Waals surface area contributed by atoms with Crippen LogP contribution in [0.2, 0.25) is 0 Å². The molecule has 11 saturated carbocycles. The summed E-state index contributed by atoms with van der Waals surface area (Å²) in [4.78, 5) is 0. The Bertz CT molecular complexity index is 2230. The third-order valence-electron chi connectivity index (χ3n) is 34.7. The van der Waals surface area contributed by atoms with Gasteiger partial charge >= 0.3 is 104 Å². The maximum Gasteiger partial charge on any atom is 4.00 e. The average molecular weight is 2050 g/mol. The molecule has 11 fully saturated rings. The first-order chi connectivity index (χ1) is 44.0. The van der Waals surface area contributed by atoms with Crippen LogP contribution in [0, 0.1) is 338 Å². The topological polar surface area (TPSA) is 0 Å². The van der Waals surface area contributed by atoms with Gasteiger partial charge in [-0.15, -0.1) is 0 Å². The zero-order chi connectivity index (χ0) is 66.4. The predicted molar refractivity (Wildman–Crippen MR) is 508 cm³/mol. The molecule has 0 spiro atoms. The minimum absolute atomic E-state index is 0. The third-order valence-corrected chi connectivity index (χ3v) is 34.7. The second kappa shape index (κ2) is 66.0. The van der Waals surface area contributed by atoms with Crippen molar-refractivity contribution in [3.8, 4) is 0 Å². The van der Waals surface area contributed by atoms with Gasteiger partial charge in [0.05, 0.1) is 0 Å². The molecular weight excluding hydrogens is 1840 g/mol. The van der Waals surface area contributed by atoms with Crippen LogP contribution in [0.3, 0.4) is 0 Å². The number of hydrogen-bond donors (Lipinski definition) is 0. The SMILES string of the molecule is C1CCC2C(C1)CCC1CCCC12.CC1C(C)C(C)C(C)C1C.CCCC1C(C)C(CC2C(C)C(C(C)C(C)C)C3C=CC=CC32)C2C=CC=CC21.CCCC1CC(CC2C(C)C(C)C(C)C2C)C2CCCCC12.CCCC1CCC(CC2C(C)C(C)C(C)C2C)C1.[CH3-].[CH3-].[CH3-].[CH3-].[CH3-].[CH3-].[CH3-].[CH3-].[CH3-].[CH3-].[CH3-].[CH3-].[CH3-].[CH3-].[CH3-].[CH3-].[Hf+4].[Hf+4].[Zr+4].[Zr+4]. The van der Waals surface area contributed by atoms with Crippen LogP contribution in [0.15, 0.2) is 48.6 Å². The fourth-order valence-corrected chi connectivity index (χ4v) is 27.2. The number of hydrogen-bond acceptors (Lipinski definition) is 0. The molecule has 112 heavy (non-hydrogen) atoms. The summed E-state index contributed by atoms with van der Waals surface area (Å²) in [6, 6.07) is 0. The van der Waals surface area contributed by atoms with Gasteiger partial charge in [0, 0.05) is 0 Å². The Balaban J connectivity index is -0.000000110. The summed E-state index contributed by atoms with van der Waals surface area (Å²) < 4.78 is 0. The molecular formula is C108H208Hf2Zr2. The monoisotopic (exact) mass is 2050 g/mol. The van der Waals surface area contributed by atoms with Gasteiger partial charge in [-0.3, -0.25) is 0 Å². The second-order valence-electron chi connectivity index (χ2n) is 38.4. The number of rotatable bonds is 14. The van der Waals surface area contributed by atoms with Crippen molar-refractivity contribution in [2.45, 2.75) is 312 Å². The zero-order valence-electron chi connectivity index (χ0n) is 83.4. The van der Waals surface area contributed by atoms with Gasteiger partial charge in [0.15, 0.2) is 0 Å². The van der Waals surface area contributed by atoms with Gasteiger partial charge in [0.25, 0.3) is 0 Å². The first kappa shape index (κ1) is 140. The van der Waals surface area contributed by atoms with Gasteiger partial charge < -0.3 is 119 Å². The van der Waals surface area contributed by atoms with E-state index in [1.165, 1.54) is 94.8 Å². The van der Waals surface area contributed by atoms with Gasteiger partial charge in [-0.05, 0) is 296 Å². The molecule has 4 heteroatoms. The summed E-state index contributed by atoms with van der Waals surface area (Å²) in [6.45, 7) is 51.9. The van der Waals surface area contributed by atoms with Gasteiger partial charge in [0.1, 0.15) is 0 Å². The molecule has 0 aromatic rings. The van der Waals surface area contributed by atoms with E-state index in [1.807, 2.05) is 0 Å². The van der Waals surface area contributed by atoms with Crippen molar-refractivity contribution in [3.05, 3.63) is 167 Å². The summed E-state index contributed by atoms with van der Waals surface area (Å²) >= 11 is 0. The standard InChI is InChI=1S/C29H44.C22H40.C18H34.C13H22.C10H20.16CH3.2Hf.2Zr/c1-7-12-22-20(5)27(24-14-9-8-13-23(22)24)17-28-21(6)29(19(4)18(2)3)26-16-11-10-15-25(26)28;1-6-9-18-12-19(21-11-8-7-10-20(18)21)13-22-16(4)14(2)15(3)17(22)5;1-6-7-16-8-9-17(10-16)11-18-14(4)12(2)13(3)15(18)5;1-2-6-12-10(4-1)8-9-11-5-3-7-13(11)12;1-6-7(2)9(4)10(5)8(6)3;;;;;;;;;;;;;;;;;;;;/h8-11,13-16,18-29H,7,12,17H2,1-6H3;14-22H,6-13H2,1-5H3;12-18H,6-11H2,1-5H3;10-13H,1-9H2;6-10H,1-5H3;16*1H3;;;;/q;;;;;16*-1;4*+4. The zero-order valence-corrected chi connectivity index (χ0v) is 95.5. The van der Waals surface area contributed by atoms with E-state index in [4.69, 9.17) is 0 Å². The molecule has 656 valence electrons. The molecule has 13 aliphatic rings. The molecule has 29 atom stereocenters. The predicted octanol–water partition coefficient (Wildman–Crippen LogP) is 34.9. The van der Waals surface area contributed by atoms with Crippen molar-refractivity contribution in [2.75, 3.05) is 0 Å². The van der Waals surface area contributed by atoms with Crippen LogP contribution in [-0.2, 0) is 104 Å². The van der Waals surface area contributed by atoms with Crippen LogP contribution in [0.25, 0.3) is 0 Å². The summed E-state index contributed by atoms with van der Waals surface area (Å²) in [5.41, 5.74) is 0. The molecule has 0 heterocycles.